The van der Waals surface area contributed by atoms with E-state index >= 15 is 0 Å². The molecule has 0 aromatic rings. The van der Waals surface area contributed by atoms with E-state index in [0.29, 0.717) is 0 Å². The molecule has 0 aliphatic rings. The summed E-state index contributed by atoms with van der Waals surface area (Å²) in [5, 5.41) is 0. The van der Waals surface area contributed by atoms with Crippen LogP contribution in [0.2, 0.25) is 4.47 Å². The van der Waals surface area contributed by atoms with Crippen LogP contribution in [0.1, 0.15) is 6.92 Å². The van der Waals surface area contributed by atoms with Crippen LogP contribution in [0.4, 0.5) is 0 Å². The molecule has 0 spiro atoms. The van der Waals surface area contributed by atoms with Crippen LogP contribution in [0, 0.1) is 0 Å². The van der Waals surface area contributed by atoms with Crippen molar-refractivity contribution >= 4 is 62.4 Å². The van der Waals surface area contributed by atoms with Gasteiger partial charge < -0.3 is 0 Å². The quantitative estimate of drug-likeness (QED) is 0.356. The topological polar surface area (TPSA) is 0 Å². The first kappa shape index (κ1) is 8.98. The van der Waals surface area contributed by atoms with Gasteiger partial charge in [0.15, 0.2) is 0 Å². The molecule has 0 radical (unpaired) electrons. The molecular weight excluding hydrogens is 532 g/mol. The molecule has 0 N–H and O–H groups in total. The molecule has 0 saturated heterocycles. The van der Waals surface area contributed by atoms with Gasteiger partial charge in [-0.3, -0.25) is 0 Å². The molecule has 0 atom stereocenters. The average molecular weight is 537 g/mol. The van der Waals surface area contributed by atoms with Gasteiger partial charge in [0.2, 0.25) is 0 Å². The van der Waals surface area contributed by atoms with Crippen molar-refractivity contribution in [1.29, 1.82) is 0 Å². The van der Waals surface area contributed by atoms with Gasteiger partial charge in [-0.15, -0.1) is 0 Å². The van der Waals surface area contributed by atoms with Gasteiger partial charge in [-0.05, 0) is 0 Å². The third kappa shape index (κ3) is 6.98. The Morgan fingerprint density at radius 1 is 1.33 bits per heavy atom. The molecule has 0 nitrogen and oxygen atoms in total. The molecule has 0 bridgehead atoms. The monoisotopic (exact) mass is 540 g/mol. The maximum absolute atomic E-state index is 2.60. The van der Waals surface area contributed by atoms with E-state index in [1.807, 2.05) is 0 Å². The van der Waals surface area contributed by atoms with Gasteiger partial charge >= 0.3 is 73.8 Å². The van der Waals surface area contributed by atoms with Crippen molar-refractivity contribution in [3.05, 3.63) is 0 Å². The van der Waals surface area contributed by atoms with Gasteiger partial charge in [0, 0.05) is 0 Å². The fourth-order valence-electron chi connectivity index (χ4n) is 0. The van der Waals surface area contributed by atoms with Crippen LogP contribution in [0.25, 0.3) is 0 Å². The Morgan fingerprint density at radius 3 is 1.50 bits per heavy atom. The van der Waals surface area contributed by atoms with Crippen LogP contribution in [0.15, 0.2) is 0 Å². The minimum atomic E-state index is -1.15. The molecule has 0 aliphatic carbocycles. The summed E-state index contributed by atoms with van der Waals surface area (Å²) in [6, 6.07) is 0. The van der Waals surface area contributed by atoms with E-state index in [1.165, 1.54) is 4.47 Å². The third-order valence-electron chi connectivity index (χ3n) is 0.327. The molecule has 0 aromatic heterocycles. The van der Waals surface area contributed by atoms with Gasteiger partial charge in [0.25, 0.3) is 0 Å². The standard InChI is InChI=1S/C2H5I3Te/c1-2-6(3,4)5/h2H2,1H3. The Labute approximate surface area is 71.8 Å². The molecule has 0 aromatic carbocycles. The second kappa shape index (κ2) is 3.90. The van der Waals surface area contributed by atoms with Crippen molar-refractivity contribution in [3.8, 4) is 0 Å². The van der Waals surface area contributed by atoms with E-state index in [2.05, 4.69) is 63.0 Å². The zero-order valence-corrected chi connectivity index (χ0v) is 12.1. The Bertz CT molecular complexity index is 38.5. The van der Waals surface area contributed by atoms with E-state index < -0.39 is 6.35 Å². The van der Waals surface area contributed by atoms with E-state index in [0.717, 1.165) is 0 Å². The fraction of sp³-hybridized carbons (Fsp3) is 1.00. The van der Waals surface area contributed by atoms with Crippen LogP contribution in [-0.4, -0.2) is 6.35 Å². The van der Waals surface area contributed by atoms with Crippen molar-refractivity contribution in [2.24, 2.45) is 0 Å². The van der Waals surface area contributed by atoms with Crippen LogP contribution in [0.5, 0.6) is 0 Å². The summed E-state index contributed by atoms with van der Waals surface area (Å²) in [6.45, 7) is 2.27. The molecule has 0 unspecified atom stereocenters. The first-order chi connectivity index (χ1) is 2.56. The van der Waals surface area contributed by atoms with Gasteiger partial charge in [0.1, 0.15) is 0 Å². The van der Waals surface area contributed by atoms with Gasteiger partial charge in [-0.1, -0.05) is 0 Å². The summed E-state index contributed by atoms with van der Waals surface area (Å²) in [7, 11) is 0. The molecule has 0 aliphatic heterocycles. The molecular formula is C2H5I3Te. The Hall–Kier alpha value is 2.98. The predicted molar refractivity (Wildman–Crippen MR) is 58.3 cm³/mol. The van der Waals surface area contributed by atoms with Crippen LogP contribution < -0.4 is 0 Å². The molecule has 4 heteroatoms. The predicted octanol–water partition coefficient (Wildman–Crippen LogP) is 3.25. The van der Waals surface area contributed by atoms with Crippen molar-refractivity contribution in [1.82, 2.24) is 0 Å². The van der Waals surface area contributed by atoms with Gasteiger partial charge in [-0.25, -0.2) is 0 Å². The third-order valence-corrected chi connectivity index (χ3v) is 14.7. The average Bonchev–Trinajstić information content (AvgIpc) is 1.35. The number of hydrogen-bond acceptors (Lipinski definition) is 0. The van der Waals surface area contributed by atoms with Crippen LogP contribution in [0.3, 0.4) is 0 Å². The molecule has 0 saturated carbocycles. The van der Waals surface area contributed by atoms with E-state index in [-0.39, 0.29) is 0 Å². The summed E-state index contributed by atoms with van der Waals surface area (Å²) < 4.78 is 1.42. The molecule has 0 heterocycles. The molecule has 0 amide bonds. The number of halogens is 3. The summed E-state index contributed by atoms with van der Waals surface area (Å²) in [4.78, 5) is 0. The van der Waals surface area contributed by atoms with Crippen molar-refractivity contribution in [3.63, 3.8) is 0 Å². The van der Waals surface area contributed by atoms with Crippen molar-refractivity contribution < 1.29 is 0 Å². The van der Waals surface area contributed by atoms with E-state index in [9.17, 15) is 0 Å². The number of rotatable bonds is 1. The normalized spacial score (nSPS) is 14.7. The molecule has 0 rings (SSSR count). The fourth-order valence-corrected chi connectivity index (χ4v) is 0. The summed E-state index contributed by atoms with van der Waals surface area (Å²) >= 11 is 7.81. The van der Waals surface area contributed by atoms with Crippen molar-refractivity contribution in [2.45, 2.75) is 11.4 Å². The van der Waals surface area contributed by atoms with Crippen LogP contribution >= 0.6 is 56.1 Å². The summed E-state index contributed by atoms with van der Waals surface area (Å²) in [5.41, 5.74) is 0. The Balaban J connectivity index is 3.17. The minimum absolute atomic E-state index is 1.15. The molecule has 40 valence electrons. The van der Waals surface area contributed by atoms with Crippen LogP contribution in [-0.2, 0) is 0 Å². The maximum atomic E-state index is 2.60. The Kier molecular flexibility index (Phi) is 5.84. The van der Waals surface area contributed by atoms with E-state index in [4.69, 9.17) is 0 Å². The Morgan fingerprint density at radius 2 is 1.50 bits per heavy atom. The molecule has 0 fully saturated rings. The first-order valence-corrected chi connectivity index (χ1v) is 23.5. The van der Waals surface area contributed by atoms with Gasteiger partial charge in [-0.2, -0.15) is 0 Å². The van der Waals surface area contributed by atoms with Crippen molar-refractivity contribution in [2.75, 3.05) is 0 Å². The summed E-state index contributed by atoms with van der Waals surface area (Å²) in [6.07, 6.45) is -1.15. The zero-order chi connectivity index (χ0) is 5.21. The SMILES string of the molecule is CC[Te](I)(I)I. The van der Waals surface area contributed by atoms with E-state index in [1.54, 1.807) is 0 Å². The molecule has 6 heavy (non-hydrogen) atoms. The second-order valence-corrected chi connectivity index (χ2v) is 69.5. The first-order valence-electron chi connectivity index (χ1n) is 1.46. The summed E-state index contributed by atoms with van der Waals surface area (Å²) in [5.74, 6) is 0. The van der Waals surface area contributed by atoms with Gasteiger partial charge in [0.05, 0.1) is 0 Å². The zero-order valence-electron chi connectivity index (χ0n) is 3.25. The number of hydrogen-bond donors (Lipinski definition) is 0. The second-order valence-electron chi connectivity index (χ2n) is 0.791.